The van der Waals surface area contributed by atoms with Gasteiger partial charge in [-0.25, -0.2) is 8.78 Å². The van der Waals surface area contributed by atoms with Gasteiger partial charge in [0, 0.05) is 19.1 Å². The number of aliphatic imine (C=N–C) groups is 1. The van der Waals surface area contributed by atoms with Gasteiger partial charge in [0.05, 0.1) is 18.3 Å². The lowest BCUT2D eigenvalue weighted by molar-refractivity contribution is -0.122. The number of rotatable bonds is 5. The van der Waals surface area contributed by atoms with Crippen molar-refractivity contribution in [2.24, 2.45) is 4.99 Å². The molecule has 1 aromatic rings. The monoisotopic (exact) mass is 369 g/mol. The highest BCUT2D eigenvalue weighted by atomic mass is 32.2. The fourth-order valence-electron chi connectivity index (χ4n) is 2.55. The average molecular weight is 369 g/mol. The summed E-state index contributed by atoms with van der Waals surface area (Å²) in [6.07, 6.45) is 1.91. The zero-order chi connectivity index (χ0) is 17.8. The molecule has 2 aliphatic heterocycles. The largest absolute Gasteiger partial charge is 0.376 e. The number of carbonyl (C=O) groups excluding carboxylic acids is 2. The summed E-state index contributed by atoms with van der Waals surface area (Å²) in [7, 11) is 0. The molecule has 9 heteroatoms. The standard InChI is InChI=1S/C16H17F2N3O3S/c17-9-3-4-12(11(18)6-9)20-14(22)7-13-15(23)21-16(25-13)19-8-10-2-1-5-24-10/h3-4,6,10,13H,1-2,5,7-8H2,(H,20,22)(H,19,21,23)/t10-,13-/m0/s1. The van der Waals surface area contributed by atoms with Crippen molar-refractivity contribution >= 4 is 34.4 Å². The number of ether oxygens (including phenoxy) is 1. The Hall–Kier alpha value is -2.00. The third-order valence-electron chi connectivity index (χ3n) is 3.81. The average Bonchev–Trinajstić information content (AvgIpc) is 3.18. The predicted octanol–water partition coefficient (Wildman–Crippen LogP) is 2.06. The van der Waals surface area contributed by atoms with Crippen LogP contribution in [0.25, 0.3) is 0 Å². The maximum absolute atomic E-state index is 13.5. The molecule has 134 valence electrons. The van der Waals surface area contributed by atoms with E-state index < -0.39 is 22.8 Å². The van der Waals surface area contributed by atoms with Crippen LogP contribution in [0.4, 0.5) is 14.5 Å². The maximum atomic E-state index is 13.5. The fourth-order valence-corrected chi connectivity index (χ4v) is 3.53. The van der Waals surface area contributed by atoms with Gasteiger partial charge in [0.15, 0.2) is 5.17 Å². The normalized spacial score (nSPS) is 24.6. The second-order valence-electron chi connectivity index (χ2n) is 5.75. The van der Waals surface area contributed by atoms with Crippen LogP contribution in [-0.4, -0.2) is 41.5 Å². The van der Waals surface area contributed by atoms with E-state index in [1.165, 1.54) is 11.8 Å². The first-order valence-electron chi connectivity index (χ1n) is 7.90. The molecule has 25 heavy (non-hydrogen) atoms. The van der Waals surface area contributed by atoms with Gasteiger partial charge in [-0.2, -0.15) is 0 Å². The molecule has 2 amide bonds. The molecule has 0 bridgehead atoms. The molecule has 1 aromatic carbocycles. The first-order valence-corrected chi connectivity index (χ1v) is 8.77. The number of hydrogen-bond donors (Lipinski definition) is 2. The summed E-state index contributed by atoms with van der Waals surface area (Å²) in [5.41, 5.74) is -0.123. The summed E-state index contributed by atoms with van der Waals surface area (Å²) in [6, 6.07) is 2.87. The van der Waals surface area contributed by atoms with Gasteiger partial charge < -0.3 is 15.4 Å². The van der Waals surface area contributed by atoms with Crippen molar-refractivity contribution in [2.45, 2.75) is 30.6 Å². The van der Waals surface area contributed by atoms with E-state index in [-0.39, 0.29) is 24.1 Å². The highest BCUT2D eigenvalue weighted by Crippen LogP contribution is 2.24. The van der Waals surface area contributed by atoms with Gasteiger partial charge in [-0.3, -0.25) is 14.6 Å². The molecular weight excluding hydrogens is 352 g/mol. The Morgan fingerprint density at radius 3 is 3.00 bits per heavy atom. The van der Waals surface area contributed by atoms with Gasteiger partial charge in [-0.05, 0) is 25.0 Å². The molecule has 0 saturated carbocycles. The van der Waals surface area contributed by atoms with Crippen molar-refractivity contribution in [1.82, 2.24) is 5.32 Å². The van der Waals surface area contributed by atoms with Crippen molar-refractivity contribution in [3.8, 4) is 0 Å². The quantitative estimate of drug-likeness (QED) is 0.833. The number of amidine groups is 1. The van der Waals surface area contributed by atoms with Crippen LogP contribution in [0.15, 0.2) is 23.2 Å². The van der Waals surface area contributed by atoms with Crippen LogP contribution in [-0.2, 0) is 14.3 Å². The number of carbonyl (C=O) groups is 2. The van der Waals surface area contributed by atoms with Crippen LogP contribution in [0, 0.1) is 11.6 Å². The minimum atomic E-state index is -0.865. The van der Waals surface area contributed by atoms with Gasteiger partial charge in [-0.1, -0.05) is 11.8 Å². The highest BCUT2D eigenvalue weighted by molar-refractivity contribution is 8.15. The van der Waals surface area contributed by atoms with E-state index in [1.54, 1.807) is 0 Å². The Balaban J connectivity index is 1.52. The lowest BCUT2D eigenvalue weighted by Gasteiger charge is -2.08. The molecule has 2 atom stereocenters. The number of hydrogen-bond acceptors (Lipinski definition) is 5. The van der Waals surface area contributed by atoms with Crippen LogP contribution < -0.4 is 10.6 Å². The molecule has 2 saturated heterocycles. The summed E-state index contributed by atoms with van der Waals surface area (Å²) in [4.78, 5) is 28.2. The zero-order valence-electron chi connectivity index (χ0n) is 13.3. The van der Waals surface area contributed by atoms with Crippen molar-refractivity contribution < 1.29 is 23.1 Å². The van der Waals surface area contributed by atoms with Gasteiger partial charge in [0.2, 0.25) is 11.8 Å². The number of halogens is 2. The Labute approximate surface area is 147 Å². The molecule has 2 N–H and O–H groups in total. The van der Waals surface area contributed by atoms with Gasteiger partial charge in [0.25, 0.3) is 0 Å². The van der Waals surface area contributed by atoms with E-state index in [0.717, 1.165) is 31.6 Å². The topological polar surface area (TPSA) is 79.8 Å². The highest BCUT2D eigenvalue weighted by Gasteiger charge is 2.32. The molecule has 2 fully saturated rings. The number of anilines is 1. The summed E-state index contributed by atoms with van der Waals surface area (Å²) in [5.74, 6) is -2.44. The van der Waals surface area contributed by atoms with Crippen molar-refractivity contribution in [3.05, 3.63) is 29.8 Å². The molecule has 6 nitrogen and oxygen atoms in total. The van der Waals surface area contributed by atoms with Gasteiger partial charge >= 0.3 is 0 Å². The lowest BCUT2D eigenvalue weighted by Crippen LogP contribution is -2.28. The van der Waals surface area contributed by atoms with E-state index in [0.29, 0.717) is 17.8 Å². The van der Waals surface area contributed by atoms with Crippen LogP contribution >= 0.6 is 11.8 Å². The molecular formula is C16H17F2N3O3S. The molecule has 0 radical (unpaired) electrons. The summed E-state index contributed by atoms with van der Waals surface area (Å²) < 4.78 is 31.9. The third kappa shape index (κ3) is 4.76. The molecule has 0 aromatic heterocycles. The Bertz CT molecular complexity index is 708. The van der Waals surface area contributed by atoms with E-state index in [9.17, 15) is 18.4 Å². The van der Waals surface area contributed by atoms with E-state index >= 15 is 0 Å². The summed E-state index contributed by atoms with van der Waals surface area (Å²) in [6.45, 7) is 1.21. The Kier molecular flexibility index (Phi) is 5.64. The zero-order valence-corrected chi connectivity index (χ0v) is 14.1. The SMILES string of the molecule is O=C(C[C@@H]1SC(=NC[C@@H]2CCCO2)NC1=O)Nc1ccc(F)cc1F. The van der Waals surface area contributed by atoms with Gasteiger partial charge in [-0.15, -0.1) is 0 Å². The van der Waals surface area contributed by atoms with Crippen molar-refractivity contribution in [1.29, 1.82) is 0 Å². The van der Waals surface area contributed by atoms with E-state index in [2.05, 4.69) is 15.6 Å². The lowest BCUT2D eigenvalue weighted by atomic mass is 10.2. The number of nitrogens with one attached hydrogen (secondary N) is 2. The van der Waals surface area contributed by atoms with Crippen molar-refractivity contribution in [3.63, 3.8) is 0 Å². The first-order chi connectivity index (χ1) is 12.0. The second-order valence-corrected chi connectivity index (χ2v) is 6.94. The number of thioether (sulfide) groups is 1. The number of amides is 2. The summed E-state index contributed by atoms with van der Waals surface area (Å²) >= 11 is 1.17. The Morgan fingerprint density at radius 1 is 1.44 bits per heavy atom. The Morgan fingerprint density at radius 2 is 2.28 bits per heavy atom. The number of benzene rings is 1. The van der Waals surface area contributed by atoms with E-state index in [1.807, 2.05) is 0 Å². The van der Waals surface area contributed by atoms with Crippen LogP contribution in [0.2, 0.25) is 0 Å². The van der Waals surface area contributed by atoms with Crippen LogP contribution in [0.3, 0.4) is 0 Å². The van der Waals surface area contributed by atoms with Crippen LogP contribution in [0.1, 0.15) is 19.3 Å². The third-order valence-corrected chi connectivity index (χ3v) is 4.93. The molecule has 2 aliphatic rings. The minimum absolute atomic E-state index is 0.0776. The molecule has 2 heterocycles. The van der Waals surface area contributed by atoms with E-state index in [4.69, 9.17) is 4.74 Å². The molecule has 3 rings (SSSR count). The number of nitrogens with zero attached hydrogens (tertiary/aromatic N) is 1. The van der Waals surface area contributed by atoms with Gasteiger partial charge in [0.1, 0.15) is 16.9 Å². The first kappa shape index (κ1) is 17.8. The molecule has 0 spiro atoms. The smallest absolute Gasteiger partial charge is 0.240 e. The fraction of sp³-hybridized carbons (Fsp3) is 0.438. The second kappa shape index (κ2) is 7.92. The van der Waals surface area contributed by atoms with Crippen molar-refractivity contribution in [2.75, 3.05) is 18.5 Å². The minimum Gasteiger partial charge on any atom is -0.376 e. The molecule has 0 aliphatic carbocycles. The van der Waals surface area contributed by atoms with Crippen LogP contribution in [0.5, 0.6) is 0 Å². The molecule has 0 unspecified atom stereocenters. The summed E-state index contributed by atoms with van der Waals surface area (Å²) in [5, 5.41) is 4.80. The maximum Gasteiger partial charge on any atom is 0.240 e. The predicted molar refractivity (Wildman–Crippen MR) is 90.4 cm³/mol.